The number of nitrogens with one attached hydrogen (secondary N) is 1. The summed E-state index contributed by atoms with van der Waals surface area (Å²) in [4.78, 5) is 11.3. The smallest absolute Gasteiger partial charge is 0.337 e. The van der Waals surface area contributed by atoms with Crippen molar-refractivity contribution in [3.63, 3.8) is 0 Å². The molecular formula is C12H16N2O2. The predicted molar refractivity (Wildman–Crippen MR) is 65.6 cm³/mol. The standard InChI is InChI=1S/C12H16N2O2/c1-4-5-14-11-8(2)6-9(7-10(11)13)12(15)16-3/h4,6-7,14H,1,5,13H2,2-3H3. The predicted octanol–water partition coefficient (Wildman–Crippen LogP) is 1.96. The number of carbonyl (C=O) groups excluding carboxylic acids is 1. The number of methoxy groups -OCH3 is 1. The first-order valence-electron chi connectivity index (χ1n) is 4.93. The summed E-state index contributed by atoms with van der Waals surface area (Å²) in [7, 11) is 1.34. The molecule has 0 bridgehead atoms. The van der Waals surface area contributed by atoms with Crippen LogP contribution in [0.25, 0.3) is 0 Å². The molecule has 1 rings (SSSR count). The molecule has 0 saturated carbocycles. The van der Waals surface area contributed by atoms with Crippen molar-refractivity contribution in [1.82, 2.24) is 0 Å². The largest absolute Gasteiger partial charge is 0.465 e. The lowest BCUT2D eigenvalue weighted by atomic mass is 10.1. The normalized spacial score (nSPS) is 9.62. The fraction of sp³-hybridized carbons (Fsp3) is 0.250. The Kier molecular flexibility index (Phi) is 3.94. The van der Waals surface area contributed by atoms with Crippen molar-refractivity contribution in [2.24, 2.45) is 0 Å². The number of carbonyl (C=O) groups is 1. The lowest BCUT2D eigenvalue weighted by Gasteiger charge is -2.12. The summed E-state index contributed by atoms with van der Waals surface area (Å²) in [5.41, 5.74) is 8.57. The summed E-state index contributed by atoms with van der Waals surface area (Å²) in [6.07, 6.45) is 1.74. The molecule has 16 heavy (non-hydrogen) atoms. The van der Waals surface area contributed by atoms with Crippen molar-refractivity contribution in [3.8, 4) is 0 Å². The van der Waals surface area contributed by atoms with E-state index < -0.39 is 0 Å². The second kappa shape index (κ2) is 5.21. The zero-order valence-corrected chi connectivity index (χ0v) is 9.54. The molecule has 0 fully saturated rings. The molecule has 0 atom stereocenters. The molecule has 1 aromatic rings. The number of hydrogen-bond acceptors (Lipinski definition) is 4. The maximum absolute atomic E-state index is 11.3. The van der Waals surface area contributed by atoms with Gasteiger partial charge in [-0.1, -0.05) is 6.08 Å². The maximum Gasteiger partial charge on any atom is 0.337 e. The van der Waals surface area contributed by atoms with E-state index >= 15 is 0 Å². The lowest BCUT2D eigenvalue weighted by molar-refractivity contribution is 0.0600. The Labute approximate surface area is 95.1 Å². The van der Waals surface area contributed by atoms with Gasteiger partial charge in [0.15, 0.2) is 0 Å². The van der Waals surface area contributed by atoms with Crippen molar-refractivity contribution >= 4 is 17.3 Å². The fourth-order valence-corrected chi connectivity index (χ4v) is 1.47. The molecule has 0 radical (unpaired) electrons. The number of aryl methyl sites for hydroxylation is 1. The van der Waals surface area contributed by atoms with Gasteiger partial charge in [0.2, 0.25) is 0 Å². The molecule has 0 aliphatic carbocycles. The summed E-state index contributed by atoms with van der Waals surface area (Å²) < 4.78 is 4.64. The van der Waals surface area contributed by atoms with E-state index in [0.29, 0.717) is 17.8 Å². The highest BCUT2D eigenvalue weighted by atomic mass is 16.5. The molecule has 0 amide bonds. The van der Waals surface area contributed by atoms with Gasteiger partial charge in [-0.3, -0.25) is 0 Å². The molecule has 4 nitrogen and oxygen atoms in total. The highest BCUT2D eigenvalue weighted by Gasteiger charge is 2.10. The number of nitrogens with two attached hydrogens (primary N) is 1. The third-order valence-electron chi connectivity index (χ3n) is 2.21. The number of anilines is 2. The van der Waals surface area contributed by atoms with Gasteiger partial charge in [-0.25, -0.2) is 4.79 Å². The van der Waals surface area contributed by atoms with E-state index in [0.717, 1.165) is 11.3 Å². The topological polar surface area (TPSA) is 64.3 Å². The second-order valence-corrected chi connectivity index (χ2v) is 3.42. The minimum Gasteiger partial charge on any atom is -0.465 e. The Morgan fingerprint density at radius 2 is 2.31 bits per heavy atom. The van der Waals surface area contributed by atoms with Crippen LogP contribution in [0.3, 0.4) is 0 Å². The number of hydrogen-bond donors (Lipinski definition) is 2. The average Bonchev–Trinajstić information content (AvgIpc) is 2.26. The van der Waals surface area contributed by atoms with Gasteiger partial charge in [-0.15, -0.1) is 6.58 Å². The number of esters is 1. The zero-order chi connectivity index (χ0) is 12.1. The quantitative estimate of drug-likeness (QED) is 0.462. The van der Waals surface area contributed by atoms with E-state index in [-0.39, 0.29) is 5.97 Å². The highest BCUT2D eigenvalue weighted by molar-refractivity contribution is 5.92. The van der Waals surface area contributed by atoms with Crippen LogP contribution in [-0.4, -0.2) is 19.6 Å². The van der Waals surface area contributed by atoms with Gasteiger partial charge < -0.3 is 15.8 Å². The summed E-state index contributed by atoms with van der Waals surface area (Å²) in [6.45, 7) is 6.13. The van der Waals surface area contributed by atoms with Crippen LogP contribution in [-0.2, 0) is 4.74 Å². The van der Waals surface area contributed by atoms with Crippen LogP contribution in [0, 0.1) is 6.92 Å². The van der Waals surface area contributed by atoms with Crippen molar-refractivity contribution < 1.29 is 9.53 Å². The Morgan fingerprint density at radius 3 is 2.81 bits per heavy atom. The first kappa shape index (κ1) is 12.1. The van der Waals surface area contributed by atoms with Gasteiger partial charge in [0.05, 0.1) is 24.0 Å². The molecular weight excluding hydrogens is 204 g/mol. The Hall–Kier alpha value is -1.97. The van der Waals surface area contributed by atoms with Crippen LogP contribution in [0.5, 0.6) is 0 Å². The summed E-state index contributed by atoms with van der Waals surface area (Å²) in [5, 5.41) is 3.12. The van der Waals surface area contributed by atoms with Crippen LogP contribution in [0.15, 0.2) is 24.8 Å². The Balaban J connectivity index is 3.06. The Bertz CT molecular complexity index is 390. The third-order valence-corrected chi connectivity index (χ3v) is 2.21. The van der Waals surface area contributed by atoms with Gasteiger partial charge in [0.1, 0.15) is 0 Å². The molecule has 3 N–H and O–H groups in total. The van der Waals surface area contributed by atoms with Crippen LogP contribution in [0.4, 0.5) is 11.4 Å². The van der Waals surface area contributed by atoms with Gasteiger partial charge in [-0.2, -0.15) is 0 Å². The lowest BCUT2D eigenvalue weighted by Crippen LogP contribution is -2.07. The highest BCUT2D eigenvalue weighted by Crippen LogP contribution is 2.25. The maximum atomic E-state index is 11.3. The molecule has 0 unspecified atom stereocenters. The molecule has 0 aromatic heterocycles. The second-order valence-electron chi connectivity index (χ2n) is 3.42. The minimum absolute atomic E-state index is 0.384. The van der Waals surface area contributed by atoms with E-state index in [9.17, 15) is 4.79 Å². The number of nitrogen functional groups attached to an aromatic ring is 1. The van der Waals surface area contributed by atoms with Crippen LogP contribution in [0.2, 0.25) is 0 Å². The summed E-state index contributed by atoms with van der Waals surface area (Å²) >= 11 is 0. The van der Waals surface area contributed by atoms with Crippen molar-refractivity contribution in [2.75, 3.05) is 24.7 Å². The summed E-state index contributed by atoms with van der Waals surface area (Å²) in [5.74, 6) is -0.384. The Morgan fingerprint density at radius 1 is 1.62 bits per heavy atom. The molecule has 0 spiro atoms. The van der Waals surface area contributed by atoms with Crippen LogP contribution < -0.4 is 11.1 Å². The molecule has 0 aliphatic heterocycles. The first-order chi connectivity index (χ1) is 7.60. The van der Waals surface area contributed by atoms with Crippen LogP contribution in [0.1, 0.15) is 15.9 Å². The third kappa shape index (κ3) is 2.53. The van der Waals surface area contributed by atoms with E-state index in [1.165, 1.54) is 7.11 Å². The number of benzene rings is 1. The monoisotopic (exact) mass is 220 g/mol. The van der Waals surface area contributed by atoms with E-state index in [1.54, 1.807) is 18.2 Å². The zero-order valence-electron chi connectivity index (χ0n) is 9.54. The number of ether oxygens (including phenoxy) is 1. The van der Waals surface area contributed by atoms with E-state index in [4.69, 9.17) is 5.73 Å². The molecule has 4 heteroatoms. The molecule has 0 heterocycles. The fourth-order valence-electron chi connectivity index (χ4n) is 1.47. The average molecular weight is 220 g/mol. The van der Waals surface area contributed by atoms with E-state index in [1.807, 2.05) is 6.92 Å². The van der Waals surface area contributed by atoms with Crippen molar-refractivity contribution in [1.29, 1.82) is 0 Å². The molecule has 0 aliphatic rings. The number of rotatable bonds is 4. The van der Waals surface area contributed by atoms with E-state index in [2.05, 4.69) is 16.6 Å². The molecule has 0 saturated heterocycles. The minimum atomic E-state index is -0.384. The molecule has 86 valence electrons. The van der Waals surface area contributed by atoms with Gasteiger partial charge >= 0.3 is 5.97 Å². The van der Waals surface area contributed by atoms with Crippen molar-refractivity contribution in [2.45, 2.75) is 6.92 Å². The first-order valence-corrected chi connectivity index (χ1v) is 4.93. The van der Waals surface area contributed by atoms with Crippen molar-refractivity contribution in [3.05, 3.63) is 35.9 Å². The van der Waals surface area contributed by atoms with Gasteiger partial charge in [0, 0.05) is 6.54 Å². The summed E-state index contributed by atoms with van der Waals surface area (Å²) in [6, 6.07) is 3.35. The SMILES string of the molecule is C=CCNc1c(C)cc(C(=O)OC)cc1N. The van der Waals surface area contributed by atoms with Crippen LogP contribution >= 0.6 is 0 Å². The van der Waals surface area contributed by atoms with Gasteiger partial charge in [-0.05, 0) is 24.6 Å². The van der Waals surface area contributed by atoms with Gasteiger partial charge in [0.25, 0.3) is 0 Å². The molecule has 1 aromatic carbocycles.